The van der Waals surface area contributed by atoms with Crippen LogP contribution in [0, 0.1) is 5.92 Å². The van der Waals surface area contributed by atoms with Gasteiger partial charge in [-0.1, -0.05) is 24.3 Å². The van der Waals surface area contributed by atoms with Crippen molar-refractivity contribution in [2.75, 3.05) is 33.2 Å². The fourth-order valence-electron chi connectivity index (χ4n) is 3.28. The van der Waals surface area contributed by atoms with Gasteiger partial charge in [0.1, 0.15) is 6.04 Å². The number of hydrogen-bond donors (Lipinski definition) is 2. The van der Waals surface area contributed by atoms with Gasteiger partial charge in [-0.05, 0) is 43.5 Å². The van der Waals surface area contributed by atoms with Crippen LogP contribution in [-0.4, -0.2) is 44.0 Å². The van der Waals surface area contributed by atoms with E-state index in [4.69, 9.17) is 0 Å². The molecule has 1 aromatic carbocycles. The van der Waals surface area contributed by atoms with Gasteiger partial charge in [-0.2, -0.15) is 0 Å². The van der Waals surface area contributed by atoms with E-state index in [1.54, 1.807) is 0 Å². The minimum atomic E-state index is -0.181. The van der Waals surface area contributed by atoms with E-state index in [1.165, 1.54) is 12.0 Å². The highest BCUT2D eigenvalue weighted by Crippen LogP contribution is 2.23. The minimum Gasteiger partial charge on any atom is -0.354 e. The molecule has 2 unspecified atom stereocenters. The fourth-order valence-corrected chi connectivity index (χ4v) is 3.28. The standard InChI is InChI=1S/C16H23N3O/c1-19-9-7-12(11-19)10-18-16(20)15-14-5-3-2-4-13(14)6-8-17-15/h2-5,12,15,17H,6-11H2,1H3,(H,18,20). The summed E-state index contributed by atoms with van der Waals surface area (Å²) in [6.45, 7) is 3.91. The molecule has 0 spiro atoms. The lowest BCUT2D eigenvalue weighted by Crippen LogP contribution is -2.43. The molecule has 2 aliphatic heterocycles. The Labute approximate surface area is 120 Å². The van der Waals surface area contributed by atoms with Crippen LogP contribution < -0.4 is 10.6 Å². The van der Waals surface area contributed by atoms with Gasteiger partial charge in [-0.15, -0.1) is 0 Å². The third-order valence-corrected chi connectivity index (χ3v) is 4.42. The first-order valence-corrected chi connectivity index (χ1v) is 7.51. The van der Waals surface area contributed by atoms with Crippen LogP contribution in [0.5, 0.6) is 0 Å². The number of amides is 1. The van der Waals surface area contributed by atoms with Gasteiger partial charge in [-0.3, -0.25) is 4.79 Å². The SMILES string of the molecule is CN1CCC(CNC(=O)C2NCCc3ccccc32)C1. The van der Waals surface area contributed by atoms with Crippen molar-refractivity contribution in [1.82, 2.24) is 15.5 Å². The molecule has 1 amide bonds. The van der Waals surface area contributed by atoms with Crippen molar-refractivity contribution in [1.29, 1.82) is 0 Å². The van der Waals surface area contributed by atoms with Crippen LogP contribution in [0.15, 0.2) is 24.3 Å². The first-order valence-electron chi connectivity index (χ1n) is 7.51. The maximum Gasteiger partial charge on any atom is 0.241 e. The predicted octanol–water partition coefficient (Wildman–Crippen LogP) is 0.941. The molecule has 108 valence electrons. The van der Waals surface area contributed by atoms with Gasteiger partial charge in [0.15, 0.2) is 0 Å². The molecule has 4 nitrogen and oxygen atoms in total. The van der Waals surface area contributed by atoms with E-state index in [-0.39, 0.29) is 11.9 Å². The lowest BCUT2D eigenvalue weighted by molar-refractivity contribution is -0.123. The van der Waals surface area contributed by atoms with Gasteiger partial charge >= 0.3 is 0 Å². The van der Waals surface area contributed by atoms with Gasteiger partial charge < -0.3 is 15.5 Å². The Hall–Kier alpha value is -1.39. The Balaban J connectivity index is 1.60. The molecule has 0 aliphatic carbocycles. The highest BCUT2D eigenvalue weighted by molar-refractivity contribution is 5.83. The molecule has 1 aromatic rings. The lowest BCUT2D eigenvalue weighted by Gasteiger charge is -2.26. The van der Waals surface area contributed by atoms with E-state index in [1.807, 2.05) is 12.1 Å². The van der Waals surface area contributed by atoms with E-state index in [0.29, 0.717) is 5.92 Å². The zero-order valence-electron chi connectivity index (χ0n) is 12.1. The van der Waals surface area contributed by atoms with Gasteiger partial charge in [0.2, 0.25) is 5.91 Å². The number of benzene rings is 1. The van der Waals surface area contributed by atoms with Crippen LogP contribution in [0.3, 0.4) is 0 Å². The molecule has 0 bridgehead atoms. The van der Waals surface area contributed by atoms with E-state index in [0.717, 1.165) is 38.2 Å². The second kappa shape index (κ2) is 5.94. The van der Waals surface area contributed by atoms with Crippen molar-refractivity contribution in [3.8, 4) is 0 Å². The van der Waals surface area contributed by atoms with Crippen molar-refractivity contribution in [2.24, 2.45) is 5.92 Å². The molecule has 0 saturated carbocycles. The fraction of sp³-hybridized carbons (Fsp3) is 0.562. The smallest absolute Gasteiger partial charge is 0.241 e. The van der Waals surface area contributed by atoms with Crippen molar-refractivity contribution in [3.63, 3.8) is 0 Å². The topological polar surface area (TPSA) is 44.4 Å². The molecule has 0 radical (unpaired) electrons. The first kappa shape index (κ1) is 13.6. The summed E-state index contributed by atoms with van der Waals surface area (Å²) in [6.07, 6.45) is 2.19. The van der Waals surface area contributed by atoms with E-state index in [9.17, 15) is 4.79 Å². The number of fused-ring (bicyclic) bond motifs is 1. The molecule has 2 atom stereocenters. The van der Waals surface area contributed by atoms with Crippen LogP contribution in [0.1, 0.15) is 23.6 Å². The van der Waals surface area contributed by atoms with Crippen LogP contribution in [0.2, 0.25) is 0 Å². The average molecular weight is 273 g/mol. The molecule has 2 aliphatic rings. The summed E-state index contributed by atoms with van der Waals surface area (Å²) in [5.41, 5.74) is 2.44. The number of carbonyl (C=O) groups is 1. The number of carbonyl (C=O) groups excluding carboxylic acids is 1. The zero-order chi connectivity index (χ0) is 13.9. The van der Waals surface area contributed by atoms with Crippen molar-refractivity contribution >= 4 is 5.91 Å². The highest BCUT2D eigenvalue weighted by Gasteiger charge is 2.27. The molecule has 1 fully saturated rings. The normalized spacial score (nSPS) is 26.2. The lowest BCUT2D eigenvalue weighted by atomic mass is 9.94. The van der Waals surface area contributed by atoms with Crippen molar-refractivity contribution in [3.05, 3.63) is 35.4 Å². The third-order valence-electron chi connectivity index (χ3n) is 4.42. The summed E-state index contributed by atoms with van der Waals surface area (Å²) in [5.74, 6) is 0.717. The Morgan fingerprint density at radius 2 is 2.30 bits per heavy atom. The summed E-state index contributed by atoms with van der Waals surface area (Å²) in [5, 5.41) is 6.46. The van der Waals surface area contributed by atoms with Crippen molar-refractivity contribution < 1.29 is 4.79 Å². The van der Waals surface area contributed by atoms with Gasteiger partial charge in [-0.25, -0.2) is 0 Å². The molecule has 3 rings (SSSR count). The molecule has 1 saturated heterocycles. The molecule has 0 aromatic heterocycles. The Kier molecular flexibility index (Phi) is 4.03. The van der Waals surface area contributed by atoms with Crippen LogP contribution in [0.4, 0.5) is 0 Å². The van der Waals surface area contributed by atoms with Gasteiger partial charge in [0.05, 0.1) is 0 Å². The molecular formula is C16H23N3O. The molecule has 2 heterocycles. The Morgan fingerprint density at radius 1 is 1.45 bits per heavy atom. The molecular weight excluding hydrogens is 250 g/mol. The monoisotopic (exact) mass is 273 g/mol. The number of nitrogens with one attached hydrogen (secondary N) is 2. The molecule has 2 N–H and O–H groups in total. The summed E-state index contributed by atoms with van der Waals surface area (Å²) >= 11 is 0. The van der Waals surface area contributed by atoms with Crippen LogP contribution >= 0.6 is 0 Å². The molecule has 4 heteroatoms. The second-order valence-corrected chi connectivity index (χ2v) is 6.00. The average Bonchev–Trinajstić information content (AvgIpc) is 2.90. The Morgan fingerprint density at radius 3 is 3.10 bits per heavy atom. The van der Waals surface area contributed by atoms with Crippen molar-refractivity contribution in [2.45, 2.75) is 18.9 Å². The van der Waals surface area contributed by atoms with E-state index >= 15 is 0 Å². The largest absolute Gasteiger partial charge is 0.354 e. The minimum absolute atomic E-state index is 0.117. The molecule has 20 heavy (non-hydrogen) atoms. The van der Waals surface area contributed by atoms with E-state index < -0.39 is 0 Å². The quantitative estimate of drug-likeness (QED) is 0.861. The summed E-state index contributed by atoms with van der Waals surface area (Å²) in [4.78, 5) is 14.7. The first-order chi connectivity index (χ1) is 9.74. The van der Waals surface area contributed by atoms with Crippen LogP contribution in [-0.2, 0) is 11.2 Å². The number of rotatable bonds is 3. The Bertz CT molecular complexity index is 488. The van der Waals surface area contributed by atoms with Gasteiger partial charge in [0, 0.05) is 19.6 Å². The summed E-state index contributed by atoms with van der Waals surface area (Å²) in [6, 6.07) is 8.07. The number of likely N-dealkylation sites (tertiary alicyclic amines) is 1. The number of hydrogen-bond acceptors (Lipinski definition) is 3. The predicted molar refractivity (Wildman–Crippen MR) is 79.5 cm³/mol. The second-order valence-electron chi connectivity index (χ2n) is 6.00. The maximum atomic E-state index is 12.4. The number of nitrogens with zero attached hydrogens (tertiary/aromatic N) is 1. The third kappa shape index (κ3) is 2.86. The maximum absolute atomic E-state index is 12.4. The van der Waals surface area contributed by atoms with Crippen LogP contribution in [0.25, 0.3) is 0 Å². The van der Waals surface area contributed by atoms with E-state index in [2.05, 4.69) is 34.7 Å². The van der Waals surface area contributed by atoms with Gasteiger partial charge in [0.25, 0.3) is 0 Å². The zero-order valence-corrected chi connectivity index (χ0v) is 12.1. The highest BCUT2D eigenvalue weighted by atomic mass is 16.2. The summed E-state index contributed by atoms with van der Waals surface area (Å²) < 4.78 is 0. The summed E-state index contributed by atoms with van der Waals surface area (Å²) in [7, 11) is 2.14.